The molecule has 1 saturated carbocycles. The summed E-state index contributed by atoms with van der Waals surface area (Å²) in [4.78, 5) is 18.9. The third-order valence-electron chi connectivity index (χ3n) is 7.08. The minimum atomic E-state index is -2.37. The maximum atomic E-state index is 13.1. The van der Waals surface area contributed by atoms with E-state index in [-0.39, 0.29) is 18.2 Å². The average molecular weight is 454 g/mol. The molecule has 2 aromatic carbocycles. The first-order valence-electron chi connectivity index (χ1n) is 11.6. The van der Waals surface area contributed by atoms with Crippen molar-refractivity contribution < 1.29 is 18.7 Å². The molecule has 0 bridgehead atoms. The lowest BCUT2D eigenvalue weighted by Crippen LogP contribution is -2.49. The second-order valence-electron chi connectivity index (χ2n) is 9.37. The van der Waals surface area contributed by atoms with Crippen LogP contribution in [-0.4, -0.2) is 58.5 Å². The molecular formula is C26H29F2N3O2. The molecule has 5 rings (SSSR count). The van der Waals surface area contributed by atoms with Crippen molar-refractivity contribution in [3.63, 3.8) is 0 Å². The SMILES string of the molecule is Cc1cc(C2CC2)c(CN2CCN(CC(F)F)C[C@H]2c2ccc(C(=O)O)cc2)c2cc[nH]c12. The molecule has 0 spiro atoms. The van der Waals surface area contributed by atoms with Gasteiger partial charge in [0.25, 0.3) is 6.43 Å². The number of rotatable bonds is 7. The van der Waals surface area contributed by atoms with Gasteiger partial charge in [0.2, 0.25) is 0 Å². The van der Waals surface area contributed by atoms with Crippen LogP contribution in [0, 0.1) is 6.92 Å². The number of fused-ring (bicyclic) bond motifs is 1. The maximum Gasteiger partial charge on any atom is 0.335 e. The highest BCUT2D eigenvalue weighted by Crippen LogP contribution is 2.45. The molecule has 1 aliphatic carbocycles. The Morgan fingerprint density at radius 1 is 1.18 bits per heavy atom. The van der Waals surface area contributed by atoms with Gasteiger partial charge in [0, 0.05) is 49.3 Å². The Hall–Kier alpha value is -2.77. The number of benzene rings is 2. The Balaban J connectivity index is 1.49. The number of carboxylic acids is 1. The van der Waals surface area contributed by atoms with Gasteiger partial charge < -0.3 is 10.1 Å². The van der Waals surface area contributed by atoms with Gasteiger partial charge in [-0.25, -0.2) is 13.6 Å². The molecule has 0 radical (unpaired) electrons. The largest absolute Gasteiger partial charge is 0.478 e. The van der Waals surface area contributed by atoms with Crippen LogP contribution in [0.25, 0.3) is 10.9 Å². The Morgan fingerprint density at radius 3 is 2.61 bits per heavy atom. The summed E-state index contributed by atoms with van der Waals surface area (Å²) in [5.74, 6) is -0.364. The van der Waals surface area contributed by atoms with Crippen molar-refractivity contribution in [2.45, 2.75) is 44.7 Å². The molecule has 5 nitrogen and oxygen atoms in total. The molecule has 1 aromatic heterocycles. The minimum absolute atomic E-state index is 0.0808. The first-order valence-corrected chi connectivity index (χ1v) is 11.6. The van der Waals surface area contributed by atoms with Crippen LogP contribution < -0.4 is 0 Å². The highest BCUT2D eigenvalue weighted by molar-refractivity contribution is 5.88. The van der Waals surface area contributed by atoms with Gasteiger partial charge in [0.1, 0.15) is 0 Å². The van der Waals surface area contributed by atoms with Crippen molar-refractivity contribution in [3.05, 3.63) is 70.4 Å². The Morgan fingerprint density at radius 2 is 1.94 bits per heavy atom. The summed E-state index contributed by atoms with van der Waals surface area (Å²) >= 11 is 0. The van der Waals surface area contributed by atoms with E-state index in [1.165, 1.54) is 34.9 Å². The molecule has 7 heteroatoms. The number of hydrogen-bond donors (Lipinski definition) is 2. The molecule has 1 saturated heterocycles. The normalized spacial score (nSPS) is 20.1. The van der Waals surface area contributed by atoms with E-state index in [9.17, 15) is 18.7 Å². The van der Waals surface area contributed by atoms with Crippen molar-refractivity contribution in [1.29, 1.82) is 0 Å². The van der Waals surface area contributed by atoms with E-state index in [1.54, 1.807) is 12.1 Å². The van der Waals surface area contributed by atoms with E-state index in [2.05, 4.69) is 28.9 Å². The molecule has 1 aliphatic heterocycles. The highest BCUT2D eigenvalue weighted by atomic mass is 19.3. The van der Waals surface area contributed by atoms with Crippen LogP contribution in [0.2, 0.25) is 0 Å². The van der Waals surface area contributed by atoms with E-state index in [1.807, 2.05) is 23.2 Å². The number of carboxylic acid groups (broad SMARTS) is 1. The predicted octanol–water partition coefficient (Wildman–Crippen LogP) is 5.18. The van der Waals surface area contributed by atoms with Crippen LogP contribution in [0.5, 0.6) is 0 Å². The van der Waals surface area contributed by atoms with Gasteiger partial charge in [-0.2, -0.15) is 0 Å². The Kier molecular flexibility index (Phi) is 5.93. The van der Waals surface area contributed by atoms with E-state index >= 15 is 0 Å². The summed E-state index contributed by atoms with van der Waals surface area (Å²) in [6.45, 7) is 4.42. The first kappa shape index (κ1) is 22.0. The molecule has 0 unspecified atom stereocenters. The number of aromatic amines is 1. The maximum absolute atomic E-state index is 13.1. The predicted molar refractivity (Wildman–Crippen MR) is 124 cm³/mol. The molecule has 0 amide bonds. The minimum Gasteiger partial charge on any atom is -0.478 e. The lowest BCUT2D eigenvalue weighted by atomic mass is 9.94. The van der Waals surface area contributed by atoms with E-state index in [4.69, 9.17) is 0 Å². The molecule has 2 heterocycles. The number of alkyl halides is 2. The van der Waals surface area contributed by atoms with Gasteiger partial charge in [-0.3, -0.25) is 9.80 Å². The molecule has 2 N–H and O–H groups in total. The van der Waals surface area contributed by atoms with Gasteiger partial charge >= 0.3 is 5.97 Å². The van der Waals surface area contributed by atoms with E-state index in [0.29, 0.717) is 25.6 Å². The lowest BCUT2D eigenvalue weighted by molar-refractivity contribution is 0.0247. The van der Waals surface area contributed by atoms with Gasteiger partial charge in [0.15, 0.2) is 0 Å². The Labute approximate surface area is 192 Å². The number of H-pyrrole nitrogens is 1. The summed E-state index contributed by atoms with van der Waals surface area (Å²) in [6, 6.07) is 11.2. The molecule has 2 fully saturated rings. The Bertz CT molecular complexity index is 1150. The van der Waals surface area contributed by atoms with Crippen molar-refractivity contribution in [3.8, 4) is 0 Å². The molecule has 33 heavy (non-hydrogen) atoms. The number of hydrogen-bond acceptors (Lipinski definition) is 3. The zero-order chi connectivity index (χ0) is 23.1. The zero-order valence-corrected chi connectivity index (χ0v) is 18.7. The summed E-state index contributed by atoms with van der Waals surface area (Å²) in [5.41, 5.74) is 6.35. The van der Waals surface area contributed by atoms with E-state index < -0.39 is 12.4 Å². The van der Waals surface area contributed by atoms with Crippen LogP contribution in [0.4, 0.5) is 8.78 Å². The number of aryl methyl sites for hydroxylation is 1. The second kappa shape index (κ2) is 8.88. The van der Waals surface area contributed by atoms with Gasteiger partial charge in [-0.1, -0.05) is 18.2 Å². The second-order valence-corrected chi connectivity index (χ2v) is 9.37. The van der Waals surface area contributed by atoms with Crippen molar-refractivity contribution in [2.75, 3.05) is 26.2 Å². The number of piperazine rings is 1. The quantitative estimate of drug-likeness (QED) is 0.518. The van der Waals surface area contributed by atoms with Gasteiger partial charge in [-0.05, 0) is 66.1 Å². The summed E-state index contributed by atoms with van der Waals surface area (Å²) < 4.78 is 26.3. The monoisotopic (exact) mass is 453 g/mol. The third kappa shape index (κ3) is 4.52. The molecule has 174 valence electrons. The molecule has 3 aromatic rings. The number of carbonyl (C=O) groups is 1. The molecular weight excluding hydrogens is 424 g/mol. The van der Waals surface area contributed by atoms with Crippen LogP contribution >= 0.6 is 0 Å². The van der Waals surface area contributed by atoms with Crippen LogP contribution in [0.1, 0.15) is 57.4 Å². The van der Waals surface area contributed by atoms with E-state index in [0.717, 1.165) is 17.6 Å². The fraction of sp³-hybridized carbons (Fsp3) is 0.423. The average Bonchev–Trinajstić information content (AvgIpc) is 3.51. The van der Waals surface area contributed by atoms with Crippen molar-refractivity contribution in [1.82, 2.24) is 14.8 Å². The number of nitrogens with zero attached hydrogens (tertiary/aromatic N) is 2. The fourth-order valence-electron chi connectivity index (χ4n) is 5.22. The lowest BCUT2D eigenvalue weighted by Gasteiger charge is -2.42. The van der Waals surface area contributed by atoms with Crippen molar-refractivity contribution >= 4 is 16.9 Å². The first-order chi connectivity index (χ1) is 15.9. The summed E-state index contributed by atoms with van der Waals surface area (Å²) in [7, 11) is 0. The number of aromatic nitrogens is 1. The van der Waals surface area contributed by atoms with Crippen LogP contribution in [0.15, 0.2) is 42.6 Å². The number of halogens is 2. The smallest absolute Gasteiger partial charge is 0.335 e. The fourth-order valence-corrected chi connectivity index (χ4v) is 5.22. The van der Waals surface area contributed by atoms with Crippen molar-refractivity contribution in [2.24, 2.45) is 0 Å². The number of aromatic carboxylic acids is 1. The summed E-state index contributed by atoms with van der Waals surface area (Å²) in [6.07, 6.45) is 2.04. The van der Waals surface area contributed by atoms with Crippen LogP contribution in [-0.2, 0) is 6.54 Å². The molecule has 1 atom stereocenters. The highest BCUT2D eigenvalue weighted by Gasteiger charge is 2.33. The summed E-state index contributed by atoms with van der Waals surface area (Å²) in [5, 5.41) is 10.5. The van der Waals surface area contributed by atoms with Gasteiger partial charge in [-0.15, -0.1) is 0 Å². The molecule has 2 aliphatic rings. The topological polar surface area (TPSA) is 59.6 Å². The van der Waals surface area contributed by atoms with Gasteiger partial charge in [0.05, 0.1) is 12.1 Å². The standard InChI is InChI=1S/C26H29F2N3O2/c1-16-12-21(17-2-3-17)22(20-8-9-29-25(16)20)13-31-11-10-30(15-24(27)28)14-23(31)18-4-6-19(7-5-18)26(32)33/h4-9,12,17,23-24,29H,2-3,10-11,13-15H2,1H3,(H,32,33)/t23-/m0/s1. The third-order valence-corrected chi connectivity index (χ3v) is 7.08. The number of nitrogens with one attached hydrogen (secondary N) is 1. The van der Waals surface area contributed by atoms with Crippen LogP contribution in [0.3, 0.4) is 0 Å². The zero-order valence-electron chi connectivity index (χ0n) is 18.7.